The molecule has 0 unspecified atom stereocenters. The second kappa shape index (κ2) is 8.69. The van der Waals surface area contributed by atoms with E-state index in [4.69, 9.17) is 27.9 Å². The number of ether oxygens (including phenoxy) is 1. The van der Waals surface area contributed by atoms with Crippen molar-refractivity contribution in [1.82, 2.24) is 9.21 Å². The van der Waals surface area contributed by atoms with Crippen LogP contribution in [0.3, 0.4) is 0 Å². The number of hydrogen-bond donors (Lipinski definition) is 0. The van der Waals surface area contributed by atoms with Gasteiger partial charge in [-0.1, -0.05) is 47.0 Å². The molecular formula is C19H20Cl2N2O4S. The van der Waals surface area contributed by atoms with Crippen LogP contribution in [0.4, 0.5) is 0 Å². The Kier molecular flexibility index (Phi) is 6.50. The summed E-state index contributed by atoms with van der Waals surface area (Å²) in [6, 6.07) is 12.0. The Morgan fingerprint density at radius 1 is 1.00 bits per heavy atom. The minimum absolute atomic E-state index is 0.0810. The van der Waals surface area contributed by atoms with Crippen molar-refractivity contribution < 1.29 is 17.9 Å². The first kappa shape index (κ1) is 20.9. The molecule has 0 aromatic heterocycles. The third-order valence-corrected chi connectivity index (χ3v) is 7.35. The summed E-state index contributed by atoms with van der Waals surface area (Å²) in [7, 11) is -3.83. The molecule has 1 aliphatic rings. The van der Waals surface area contributed by atoms with E-state index in [9.17, 15) is 13.2 Å². The van der Waals surface area contributed by atoms with Gasteiger partial charge < -0.3 is 9.64 Å². The molecule has 6 nitrogen and oxygen atoms in total. The van der Waals surface area contributed by atoms with Crippen molar-refractivity contribution in [3.63, 3.8) is 0 Å². The second-order valence-electron chi connectivity index (χ2n) is 6.44. The standard InChI is InChI=1S/C19H20Cl2N2O4S/c1-14-5-7-15(8-6-14)27-13-18(24)22-9-11-23(12-10-22)28(25,26)19-16(20)3-2-4-17(19)21/h2-8H,9-13H2,1H3. The quantitative estimate of drug-likeness (QED) is 0.712. The molecule has 2 aromatic rings. The zero-order valence-corrected chi connectivity index (χ0v) is 17.6. The monoisotopic (exact) mass is 442 g/mol. The van der Waals surface area contributed by atoms with E-state index in [1.54, 1.807) is 23.1 Å². The van der Waals surface area contributed by atoms with E-state index < -0.39 is 10.0 Å². The van der Waals surface area contributed by atoms with Crippen molar-refractivity contribution in [2.45, 2.75) is 11.8 Å². The van der Waals surface area contributed by atoms with E-state index in [2.05, 4.69) is 0 Å². The highest BCUT2D eigenvalue weighted by Gasteiger charge is 2.33. The molecular weight excluding hydrogens is 423 g/mol. The number of nitrogens with zero attached hydrogens (tertiary/aromatic N) is 2. The molecule has 1 amide bonds. The summed E-state index contributed by atoms with van der Waals surface area (Å²) in [5, 5.41) is 0.162. The minimum atomic E-state index is -3.83. The molecule has 2 aromatic carbocycles. The third-order valence-electron chi connectivity index (χ3n) is 4.49. The Labute approximate surface area is 174 Å². The van der Waals surface area contributed by atoms with Gasteiger partial charge in [-0.05, 0) is 31.2 Å². The Bertz CT molecular complexity index is 936. The zero-order chi connectivity index (χ0) is 20.3. The molecule has 0 saturated carbocycles. The molecule has 0 radical (unpaired) electrons. The van der Waals surface area contributed by atoms with Gasteiger partial charge in [-0.2, -0.15) is 4.31 Å². The van der Waals surface area contributed by atoms with Gasteiger partial charge in [0.25, 0.3) is 5.91 Å². The van der Waals surface area contributed by atoms with Crippen LogP contribution < -0.4 is 4.74 Å². The highest BCUT2D eigenvalue weighted by Crippen LogP contribution is 2.31. The van der Waals surface area contributed by atoms with E-state index in [0.29, 0.717) is 5.75 Å². The second-order valence-corrected chi connectivity index (χ2v) is 9.13. The predicted molar refractivity (Wildman–Crippen MR) is 108 cm³/mol. The number of hydrogen-bond acceptors (Lipinski definition) is 4. The molecule has 1 aliphatic heterocycles. The van der Waals surface area contributed by atoms with Gasteiger partial charge in [0, 0.05) is 26.2 Å². The van der Waals surface area contributed by atoms with Gasteiger partial charge in [0.15, 0.2) is 6.61 Å². The van der Waals surface area contributed by atoms with Crippen LogP contribution in [0.15, 0.2) is 47.4 Å². The van der Waals surface area contributed by atoms with Gasteiger partial charge in [0.2, 0.25) is 10.0 Å². The van der Waals surface area contributed by atoms with Crippen LogP contribution in [-0.2, 0) is 14.8 Å². The molecule has 0 atom stereocenters. The van der Waals surface area contributed by atoms with Gasteiger partial charge in [-0.25, -0.2) is 8.42 Å². The highest BCUT2D eigenvalue weighted by molar-refractivity contribution is 7.89. The number of carbonyl (C=O) groups excluding carboxylic acids is 1. The van der Waals surface area contributed by atoms with Gasteiger partial charge >= 0.3 is 0 Å². The summed E-state index contributed by atoms with van der Waals surface area (Å²) < 4.78 is 32.6. The van der Waals surface area contributed by atoms with Crippen molar-refractivity contribution in [3.05, 3.63) is 58.1 Å². The maximum atomic E-state index is 12.9. The Morgan fingerprint density at radius 3 is 2.14 bits per heavy atom. The summed E-state index contributed by atoms with van der Waals surface area (Å²) in [5.41, 5.74) is 1.11. The van der Waals surface area contributed by atoms with E-state index in [1.807, 2.05) is 19.1 Å². The lowest BCUT2D eigenvalue weighted by Crippen LogP contribution is -2.51. The van der Waals surface area contributed by atoms with Crippen LogP contribution in [0.5, 0.6) is 5.75 Å². The lowest BCUT2D eigenvalue weighted by Gasteiger charge is -2.34. The fraction of sp³-hybridized carbons (Fsp3) is 0.316. The van der Waals surface area contributed by atoms with Crippen LogP contribution in [0, 0.1) is 6.92 Å². The highest BCUT2D eigenvalue weighted by atomic mass is 35.5. The van der Waals surface area contributed by atoms with Gasteiger partial charge in [0.1, 0.15) is 10.6 Å². The number of amides is 1. The van der Waals surface area contributed by atoms with E-state index >= 15 is 0 Å². The molecule has 1 saturated heterocycles. The number of benzene rings is 2. The molecule has 0 bridgehead atoms. The summed E-state index contributed by atoms with van der Waals surface area (Å²) in [4.78, 5) is 13.9. The van der Waals surface area contributed by atoms with Crippen LogP contribution in [0.2, 0.25) is 10.0 Å². The molecule has 0 spiro atoms. The van der Waals surface area contributed by atoms with Gasteiger partial charge in [-0.15, -0.1) is 0 Å². The number of sulfonamides is 1. The average molecular weight is 443 g/mol. The Morgan fingerprint density at radius 2 is 1.57 bits per heavy atom. The Balaban J connectivity index is 1.59. The number of halogens is 2. The van der Waals surface area contributed by atoms with Crippen LogP contribution in [0.1, 0.15) is 5.56 Å². The lowest BCUT2D eigenvalue weighted by atomic mass is 10.2. The first-order chi connectivity index (χ1) is 13.3. The van der Waals surface area contributed by atoms with Crippen LogP contribution in [-0.4, -0.2) is 56.3 Å². The SMILES string of the molecule is Cc1ccc(OCC(=O)N2CCN(S(=O)(=O)c3c(Cl)cccc3Cl)CC2)cc1. The molecule has 1 heterocycles. The van der Waals surface area contributed by atoms with Crippen molar-refractivity contribution in [1.29, 1.82) is 0 Å². The van der Waals surface area contributed by atoms with Crippen molar-refractivity contribution in [2.75, 3.05) is 32.8 Å². The van der Waals surface area contributed by atoms with E-state index in [0.717, 1.165) is 5.56 Å². The fourth-order valence-electron chi connectivity index (χ4n) is 2.91. The number of piperazine rings is 1. The zero-order valence-electron chi connectivity index (χ0n) is 15.3. The molecule has 28 heavy (non-hydrogen) atoms. The number of aryl methyl sites for hydroxylation is 1. The molecule has 0 N–H and O–H groups in total. The third kappa shape index (κ3) is 4.60. The topological polar surface area (TPSA) is 66.9 Å². The molecule has 3 rings (SSSR count). The van der Waals surface area contributed by atoms with E-state index in [1.165, 1.54) is 16.4 Å². The number of carbonyl (C=O) groups is 1. The first-order valence-corrected chi connectivity index (χ1v) is 10.9. The summed E-state index contributed by atoms with van der Waals surface area (Å²) in [6.45, 7) is 2.76. The largest absolute Gasteiger partial charge is 0.484 e. The van der Waals surface area contributed by atoms with Gasteiger partial charge in [-0.3, -0.25) is 4.79 Å². The minimum Gasteiger partial charge on any atom is -0.484 e. The number of rotatable bonds is 5. The molecule has 9 heteroatoms. The Hall–Kier alpha value is -1.80. The molecule has 150 valence electrons. The summed E-state index contributed by atoms with van der Waals surface area (Å²) in [5.74, 6) is 0.432. The average Bonchev–Trinajstić information content (AvgIpc) is 2.67. The smallest absolute Gasteiger partial charge is 0.260 e. The van der Waals surface area contributed by atoms with Crippen molar-refractivity contribution in [3.8, 4) is 5.75 Å². The van der Waals surface area contributed by atoms with Gasteiger partial charge in [0.05, 0.1) is 10.0 Å². The summed E-state index contributed by atoms with van der Waals surface area (Å²) >= 11 is 12.1. The first-order valence-electron chi connectivity index (χ1n) is 8.70. The van der Waals surface area contributed by atoms with Crippen molar-refractivity contribution in [2.24, 2.45) is 0 Å². The normalized spacial score (nSPS) is 15.5. The van der Waals surface area contributed by atoms with E-state index in [-0.39, 0.29) is 53.6 Å². The maximum Gasteiger partial charge on any atom is 0.260 e. The maximum absolute atomic E-state index is 12.9. The fourth-order valence-corrected chi connectivity index (χ4v) is 5.42. The van der Waals surface area contributed by atoms with Crippen LogP contribution >= 0.6 is 23.2 Å². The summed E-state index contributed by atoms with van der Waals surface area (Å²) in [6.07, 6.45) is 0. The van der Waals surface area contributed by atoms with Crippen LogP contribution in [0.25, 0.3) is 0 Å². The predicted octanol–water partition coefficient (Wildman–Crippen LogP) is 3.21. The molecule has 1 fully saturated rings. The molecule has 0 aliphatic carbocycles. The lowest BCUT2D eigenvalue weighted by molar-refractivity contribution is -0.134. The van der Waals surface area contributed by atoms with Crippen molar-refractivity contribution >= 4 is 39.1 Å².